The first kappa shape index (κ1) is 21.7. The number of halogens is 1. The molecule has 2 N–H and O–H groups in total. The van der Waals surface area contributed by atoms with Crippen LogP contribution in [0.1, 0.15) is 50.9 Å². The molecule has 4 rings (SSSR count). The standard InChI is InChI=1S/C24H23FN4O2S/c1-4-16-13-18(23(32-16)29-22(30)20-10-7-11-31-20)21(17-8-5-6-9-19(17)25)28-24-26-14(2)12-15(3)27-24/h5-13,21H,4H2,1-3H3,(H,29,30)(H,26,27,28)/t21-/m0/s1. The van der Waals surface area contributed by atoms with Crippen LogP contribution in [0.25, 0.3) is 0 Å². The number of carbonyl (C=O) groups is 1. The molecule has 3 heterocycles. The van der Waals surface area contributed by atoms with Gasteiger partial charge in [-0.3, -0.25) is 4.79 Å². The van der Waals surface area contributed by atoms with Gasteiger partial charge in [-0.15, -0.1) is 11.3 Å². The fraction of sp³-hybridized carbons (Fsp3) is 0.208. The molecule has 1 aromatic carbocycles. The van der Waals surface area contributed by atoms with Crippen molar-refractivity contribution in [1.29, 1.82) is 0 Å². The van der Waals surface area contributed by atoms with E-state index >= 15 is 0 Å². The van der Waals surface area contributed by atoms with Crippen molar-refractivity contribution < 1.29 is 13.6 Å². The predicted octanol–water partition coefficient (Wildman–Crippen LogP) is 5.90. The predicted molar refractivity (Wildman–Crippen MR) is 124 cm³/mol. The van der Waals surface area contributed by atoms with E-state index in [1.165, 1.54) is 23.7 Å². The number of aryl methyl sites for hydroxylation is 3. The summed E-state index contributed by atoms with van der Waals surface area (Å²) in [6.07, 6.45) is 2.22. The van der Waals surface area contributed by atoms with Crippen LogP contribution in [0.3, 0.4) is 0 Å². The fourth-order valence-corrected chi connectivity index (χ4v) is 4.50. The Hall–Kier alpha value is -3.52. The maximum absolute atomic E-state index is 14.9. The second-order valence-corrected chi connectivity index (χ2v) is 8.49. The van der Waals surface area contributed by atoms with Gasteiger partial charge in [0.15, 0.2) is 5.76 Å². The highest BCUT2D eigenvalue weighted by Gasteiger charge is 2.25. The summed E-state index contributed by atoms with van der Waals surface area (Å²) in [5.74, 6) is -0.128. The zero-order valence-electron chi connectivity index (χ0n) is 18.0. The van der Waals surface area contributed by atoms with Crippen LogP contribution in [0.4, 0.5) is 15.3 Å². The van der Waals surface area contributed by atoms with Crippen molar-refractivity contribution in [2.45, 2.75) is 33.2 Å². The van der Waals surface area contributed by atoms with Crippen LogP contribution in [-0.2, 0) is 6.42 Å². The third kappa shape index (κ3) is 4.70. The topological polar surface area (TPSA) is 80.0 Å². The summed E-state index contributed by atoms with van der Waals surface area (Å²) in [5.41, 5.74) is 2.78. The summed E-state index contributed by atoms with van der Waals surface area (Å²) in [6, 6.07) is 13.1. The zero-order chi connectivity index (χ0) is 22.7. The molecular weight excluding hydrogens is 427 g/mol. The summed E-state index contributed by atoms with van der Waals surface area (Å²) >= 11 is 1.45. The molecule has 0 aliphatic heterocycles. The largest absolute Gasteiger partial charge is 0.459 e. The van der Waals surface area contributed by atoms with Crippen molar-refractivity contribution >= 4 is 28.2 Å². The number of amides is 1. The SMILES string of the molecule is CCc1cc([C@@H](Nc2nc(C)cc(C)n2)c2ccccc2F)c(NC(=O)c2ccco2)s1. The molecule has 0 aliphatic carbocycles. The van der Waals surface area contributed by atoms with E-state index < -0.39 is 6.04 Å². The van der Waals surface area contributed by atoms with E-state index in [9.17, 15) is 9.18 Å². The van der Waals surface area contributed by atoms with Gasteiger partial charge < -0.3 is 15.1 Å². The minimum Gasteiger partial charge on any atom is -0.459 e. The number of nitrogens with one attached hydrogen (secondary N) is 2. The van der Waals surface area contributed by atoms with Crippen molar-refractivity contribution in [3.05, 3.63) is 93.8 Å². The lowest BCUT2D eigenvalue weighted by Crippen LogP contribution is -2.18. The molecule has 32 heavy (non-hydrogen) atoms. The van der Waals surface area contributed by atoms with Crippen molar-refractivity contribution in [2.75, 3.05) is 10.6 Å². The second kappa shape index (κ2) is 9.32. The van der Waals surface area contributed by atoms with Crippen molar-refractivity contribution in [1.82, 2.24) is 9.97 Å². The minimum absolute atomic E-state index is 0.204. The highest BCUT2D eigenvalue weighted by molar-refractivity contribution is 7.16. The maximum atomic E-state index is 14.9. The number of carbonyl (C=O) groups excluding carboxylic acids is 1. The van der Waals surface area contributed by atoms with Gasteiger partial charge in [0.05, 0.1) is 12.3 Å². The number of rotatable bonds is 7. The van der Waals surface area contributed by atoms with E-state index in [4.69, 9.17) is 4.42 Å². The molecule has 1 atom stereocenters. The van der Waals surface area contributed by atoms with Crippen LogP contribution in [-0.4, -0.2) is 15.9 Å². The fourth-order valence-electron chi connectivity index (χ4n) is 3.47. The number of anilines is 2. The summed E-state index contributed by atoms with van der Waals surface area (Å²) in [7, 11) is 0. The molecule has 8 heteroatoms. The van der Waals surface area contributed by atoms with Crippen LogP contribution < -0.4 is 10.6 Å². The summed E-state index contributed by atoms with van der Waals surface area (Å²) < 4.78 is 20.1. The molecule has 0 saturated carbocycles. The normalized spacial score (nSPS) is 11.9. The Labute approximate surface area is 189 Å². The molecular formula is C24H23FN4O2S. The number of hydrogen-bond donors (Lipinski definition) is 2. The lowest BCUT2D eigenvalue weighted by atomic mass is 9.99. The quantitative estimate of drug-likeness (QED) is 0.366. The molecule has 164 valence electrons. The van der Waals surface area contributed by atoms with Gasteiger partial charge in [-0.05, 0) is 50.6 Å². The van der Waals surface area contributed by atoms with Crippen molar-refractivity contribution in [2.24, 2.45) is 0 Å². The smallest absolute Gasteiger partial charge is 0.291 e. The molecule has 3 aromatic heterocycles. The Morgan fingerprint density at radius 3 is 2.50 bits per heavy atom. The number of aromatic nitrogens is 2. The van der Waals surface area contributed by atoms with Gasteiger partial charge in [-0.25, -0.2) is 14.4 Å². The number of benzene rings is 1. The Morgan fingerprint density at radius 1 is 1.09 bits per heavy atom. The van der Waals surface area contributed by atoms with Crippen LogP contribution in [0.15, 0.2) is 59.2 Å². The van der Waals surface area contributed by atoms with Gasteiger partial charge >= 0.3 is 0 Å². The van der Waals surface area contributed by atoms with Gasteiger partial charge in [0.1, 0.15) is 10.8 Å². The zero-order valence-corrected chi connectivity index (χ0v) is 18.8. The first-order chi connectivity index (χ1) is 15.4. The Morgan fingerprint density at radius 2 is 1.84 bits per heavy atom. The summed E-state index contributed by atoms with van der Waals surface area (Å²) in [6.45, 7) is 5.80. The Kier molecular flexibility index (Phi) is 6.32. The third-order valence-electron chi connectivity index (χ3n) is 4.92. The Balaban J connectivity index is 1.79. The highest BCUT2D eigenvalue weighted by Crippen LogP contribution is 2.38. The first-order valence-electron chi connectivity index (χ1n) is 10.2. The van der Waals surface area contributed by atoms with Crippen LogP contribution in [0.2, 0.25) is 0 Å². The minimum atomic E-state index is -0.610. The average molecular weight is 451 g/mol. The maximum Gasteiger partial charge on any atom is 0.291 e. The molecule has 0 bridgehead atoms. The van der Waals surface area contributed by atoms with Crippen LogP contribution in [0, 0.1) is 19.7 Å². The highest BCUT2D eigenvalue weighted by atomic mass is 32.1. The molecule has 0 spiro atoms. The van der Waals surface area contributed by atoms with E-state index in [0.717, 1.165) is 28.2 Å². The van der Waals surface area contributed by atoms with E-state index in [1.54, 1.807) is 30.3 Å². The molecule has 6 nitrogen and oxygen atoms in total. The molecule has 0 unspecified atom stereocenters. The summed E-state index contributed by atoms with van der Waals surface area (Å²) in [5, 5.41) is 6.84. The molecule has 0 aliphatic rings. The van der Waals surface area contributed by atoms with E-state index in [0.29, 0.717) is 16.5 Å². The number of thiophene rings is 1. The molecule has 0 radical (unpaired) electrons. The van der Waals surface area contributed by atoms with Gasteiger partial charge in [0.2, 0.25) is 5.95 Å². The van der Waals surface area contributed by atoms with E-state index in [-0.39, 0.29) is 17.5 Å². The van der Waals surface area contributed by atoms with E-state index in [1.807, 2.05) is 32.9 Å². The first-order valence-corrected chi connectivity index (χ1v) is 11.1. The number of hydrogen-bond acceptors (Lipinski definition) is 6. The molecule has 0 saturated heterocycles. The van der Waals surface area contributed by atoms with Gasteiger partial charge in [-0.1, -0.05) is 25.1 Å². The van der Waals surface area contributed by atoms with Crippen molar-refractivity contribution in [3.8, 4) is 0 Å². The number of furan rings is 1. The second-order valence-electron chi connectivity index (χ2n) is 7.36. The average Bonchev–Trinajstić information content (AvgIpc) is 3.42. The molecule has 4 aromatic rings. The van der Waals surface area contributed by atoms with Crippen LogP contribution >= 0.6 is 11.3 Å². The van der Waals surface area contributed by atoms with Gasteiger partial charge in [0.25, 0.3) is 5.91 Å². The lowest BCUT2D eigenvalue weighted by molar-refractivity contribution is 0.0997. The van der Waals surface area contributed by atoms with Gasteiger partial charge in [-0.2, -0.15) is 0 Å². The Bertz CT molecular complexity index is 1220. The monoisotopic (exact) mass is 450 g/mol. The molecule has 1 amide bonds. The van der Waals surface area contributed by atoms with E-state index in [2.05, 4.69) is 20.6 Å². The summed E-state index contributed by atoms with van der Waals surface area (Å²) in [4.78, 5) is 22.7. The lowest BCUT2D eigenvalue weighted by Gasteiger charge is -2.21. The molecule has 0 fully saturated rings. The third-order valence-corrected chi connectivity index (χ3v) is 6.13. The van der Waals surface area contributed by atoms with Gasteiger partial charge in [0, 0.05) is 27.4 Å². The van der Waals surface area contributed by atoms with Crippen molar-refractivity contribution in [3.63, 3.8) is 0 Å². The van der Waals surface area contributed by atoms with Crippen LogP contribution in [0.5, 0.6) is 0 Å². The number of nitrogens with zero attached hydrogens (tertiary/aromatic N) is 2.